The quantitative estimate of drug-likeness (QED) is 0.842. The smallest absolute Gasteiger partial charge is 0.317 e. The lowest BCUT2D eigenvalue weighted by Gasteiger charge is -2.32. The molecule has 8 heteroatoms. The van der Waals surface area contributed by atoms with E-state index in [0.29, 0.717) is 38.7 Å². The maximum atomic E-state index is 12.5. The van der Waals surface area contributed by atoms with Crippen molar-refractivity contribution in [1.82, 2.24) is 24.9 Å². The SMILES string of the molecule is COCC1CCCN(C(=O)NCc2cc3n(n2)CCN(C(=O)C(C)C)C3)C1. The summed E-state index contributed by atoms with van der Waals surface area (Å²) in [6.07, 6.45) is 2.12. The molecule has 2 aliphatic heterocycles. The number of methoxy groups -OCH3 is 1. The number of rotatable bonds is 5. The Hall–Kier alpha value is -2.09. The van der Waals surface area contributed by atoms with Crippen LogP contribution >= 0.6 is 0 Å². The van der Waals surface area contributed by atoms with Crippen LogP contribution in [-0.2, 0) is 29.2 Å². The van der Waals surface area contributed by atoms with Crippen molar-refractivity contribution < 1.29 is 14.3 Å². The second-order valence-corrected chi connectivity index (χ2v) is 7.83. The lowest BCUT2D eigenvalue weighted by Crippen LogP contribution is -2.46. The first-order valence-corrected chi connectivity index (χ1v) is 9.84. The summed E-state index contributed by atoms with van der Waals surface area (Å²) in [4.78, 5) is 28.4. The third-order valence-electron chi connectivity index (χ3n) is 5.28. The molecule has 1 fully saturated rings. The fourth-order valence-corrected chi connectivity index (χ4v) is 3.86. The molecule has 3 rings (SSSR count). The first kappa shape index (κ1) is 19.7. The van der Waals surface area contributed by atoms with Gasteiger partial charge in [-0.1, -0.05) is 13.8 Å². The van der Waals surface area contributed by atoms with Gasteiger partial charge in [0.15, 0.2) is 0 Å². The minimum Gasteiger partial charge on any atom is -0.384 e. The Bertz CT molecular complexity index is 670. The Morgan fingerprint density at radius 3 is 2.85 bits per heavy atom. The van der Waals surface area contributed by atoms with E-state index in [1.165, 1.54) is 0 Å². The standard InChI is InChI=1S/C19H31N5O3/c1-14(2)18(25)22-7-8-24-17(12-22)9-16(21-24)10-20-19(26)23-6-4-5-15(11-23)13-27-3/h9,14-15H,4-8,10-13H2,1-3H3,(H,20,26). The van der Waals surface area contributed by atoms with Gasteiger partial charge in [0.1, 0.15) is 0 Å². The monoisotopic (exact) mass is 377 g/mol. The van der Waals surface area contributed by atoms with Crippen molar-refractivity contribution in [3.05, 3.63) is 17.5 Å². The highest BCUT2D eigenvalue weighted by Crippen LogP contribution is 2.18. The largest absolute Gasteiger partial charge is 0.384 e. The second kappa shape index (κ2) is 8.73. The summed E-state index contributed by atoms with van der Waals surface area (Å²) < 4.78 is 7.17. The number of piperidine rings is 1. The number of hydrogen-bond donors (Lipinski definition) is 1. The number of carbonyl (C=O) groups is 2. The zero-order valence-corrected chi connectivity index (χ0v) is 16.6. The molecule has 1 N–H and O–H groups in total. The summed E-state index contributed by atoms with van der Waals surface area (Å²) in [6, 6.07) is 1.95. The normalized spacial score (nSPS) is 19.9. The summed E-state index contributed by atoms with van der Waals surface area (Å²) in [5.74, 6) is 0.594. The summed E-state index contributed by atoms with van der Waals surface area (Å²) in [5.41, 5.74) is 1.86. The molecule has 2 aliphatic rings. The average molecular weight is 377 g/mol. The van der Waals surface area contributed by atoms with Crippen LogP contribution in [0.2, 0.25) is 0 Å². The van der Waals surface area contributed by atoms with E-state index in [9.17, 15) is 9.59 Å². The van der Waals surface area contributed by atoms with Gasteiger partial charge in [-0.3, -0.25) is 9.48 Å². The van der Waals surface area contributed by atoms with Gasteiger partial charge in [0, 0.05) is 38.6 Å². The Labute approximate surface area is 160 Å². The number of urea groups is 1. The number of likely N-dealkylation sites (tertiary alicyclic amines) is 1. The Kier molecular flexibility index (Phi) is 6.36. The Morgan fingerprint density at radius 2 is 2.11 bits per heavy atom. The second-order valence-electron chi connectivity index (χ2n) is 7.83. The average Bonchev–Trinajstić information content (AvgIpc) is 3.08. The summed E-state index contributed by atoms with van der Waals surface area (Å²) in [6.45, 7) is 8.46. The molecule has 0 bridgehead atoms. The van der Waals surface area contributed by atoms with Crippen molar-refractivity contribution >= 4 is 11.9 Å². The van der Waals surface area contributed by atoms with E-state index in [1.807, 2.05) is 34.4 Å². The molecule has 0 spiro atoms. The van der Waals surface area contributed by atoms with Crippen LogP contribution in [0.5, 0.6) is 0 Å². The molecule has 8 nitrogen and oxygen atoms in total. The van der Waals surface area contributed by atoms with E-state index < -0.39 is 0 Å². The van der Waals surface area contributed by atoms with Gasteiger partial charge >= 0.3 is 6.03 Å². The van der Waals surface area contributed by atoms with E-state index in [4.69, 9.17) is 4.74 Å². The topological polar surface area (TPSA) is 79.7 Å². The van der Waals surface area contributed by atoms with Crippen molar-refractivity contribution in [3.63, 3.8) is 0 Å². The fourth-order valence-electron chi connectivity index (χ4n) is 3.86. The third-order valence-corrected chi connectivity index (χ3v) is 5.28. The number of nitrogens with zero attached hydrogens (tertiary/aromatic N) is 4. The molecule has 1 aromatic rings. The highest BCUT2D eigenvalue weighted by atomic mass is 16.5. The molecule has 1 saturated heterocycles. The van der Waals surface area contributed by atoms with Crippen LogP contribution in [-0.4, -0.2) is 64.9 Å². The first-order valence-electron chi connectivity index (χ1n) is 9.84. The molecule has 150 valence electrons. The molecule has 0 saturated carbocycles. The van der Waals surface area contributed by atoms with Crippen molar-refractivity contribution in [2.45, 2.75) is 46.3 Å². The van der Waals surface area contributed by atoms with E-state index >= 15 is 0 Å². The first-order chi connectivity index (χ1) is 13.0. The Balaban J connectivity index is 1.52. The molecular formula is C19H31N5O3. The highest BCUT2D eigenvalue weighted by Gasteiger charge is 2.25. The summed E-state index contributed by atoms with van der Waals surface area (Å²) in [7, 11) is 1.70. The van der Waals surface area contributed by atoms with Crippen LogP contribution < -0.4 is 5.32 Å². The van der Waals surface area contributed by atoms with E-state index in [-0.39, 0.29) is 17.9 Å². The van der Waals surface area contributed by atoms with Crippen molar-refractivity contribution in [2.75, 3.05) is 33.4 Å². The van der Waals surface area contributed by atoms with Crippen LogP contribution in [0.4, 0.5) is 4.79 Å². The number of ether oxygens (including phenoxy) is 1. The number of nitrogens with one attached hydrogen (secondary N) is 1. The van der Waals surface area contributed by atoms with Gasteiger partial charge in [0.05, 0.1) is 37.6 Å². The van der Waals surface area contributed by atoms with Gasteiger partial charge in [0.2, 0.25) is 5.91 Å². The zero-order valence-electron chi connectivity index (χ0n) is 16.6. The molecule has 0 aliphatic carbocycles. The predicted molar refractivity (Wildman–Crippen MR) is 101 cm³/mol. The van der Waals surface area contributed by atoms with Crippen LogP contribution in [0.15, 0.2) is 6.07 Å². The molecule has 3 heterocycles. The molecule has 0 aromatic carbocycles. The third kappa shape index (κ3) is 4.80. The fraction of sp³-hybridized carbons (Fsp3) is 0.737. The zero-order chi connectivity index (χ0) is 19.4. The van der Waals surface area contributed by atoms with Crippen LogP contribution in [0.3, 0.4) is 0 Å². The van der Waals surface area contributed by atoms with Crippen molar-refractivity contribution in [1.29, 1.82) is 0 Å². The van der Waals surface area contributed by atoms with Gasteiger partial charge in [-0.15, -0.1) is 0 Å². The number of fused-ring (bicyclic) bond motifs is 1. The maximum Gasteiger partial charge on any atom is 0.317 e. The molecular weight excluding hydrogens is 346 g/mol. The van der Waals surface area contributed by atoms with E-state index in [0.717, 1.165) is 37.3 Å². The van der Waals surface area contributed by atoms with Crippen LogP contribution in [0, 0.1) is 11.8 Å². The van der Waals surface area contributed by atoms with E-state index in [2.05, 4.69) is 10.4 Å². The molecule has 1 atom stereocenters. The van der Waals surface area contributed by atoms with Crippen molar-refractivity contribution in [3.8, 4) is 0 Å². The highest BCUT2D eigenvalue weighted by molar-refractivity contribution is 5.78. The number of hydrogen-bond acceptors (Lipinski definition) is 4. The van der Waals surface area contributed by atoms with Gasteiger partial charge in [0.25, 0.3) is 0 Å². The van der Waals surface area contributed by atoms with Gasteiger partial charge in [-0.05, 0) is 18.9 Å². The molecule has 27 heavy (non-hydrogen) atoms. The van der Waals surface area contributed by atoms with Gasteiger partial charge in [-0.2, -0.15) is 5.10 Å². The summed E-state index contributed by atoms with van der Waals surface area (Å²) >= 11 is 0. The maximum absolute atomic E-state index is 12.5. The van der Waals surface area contributed by atoms with Crippen LogP contribution in [0.1, 0.15) is 38.1 Å². The minimum absolute atomic E-state index is 0.00436. The number of carbonyl (C=O) groups excluding carboxylic acids is 2. The molecule has 1 unspecified atom stereocenters. The predicted octanol–water partition coefficient (Wildman–Crippen LogP) is 1.45. The van der Waals surface area contributed by atoms with Gasteiger partial charge in [-0.25, -0.2) is 4.79 Å². The molecule has 3 amide bonds. The minimum atomic E-state index is -0.0432. The summed E-state index contributed by atoms with van der Waals surface area (Å²) in [5, 5.41) is 7.56. The van der Waals surface area contributed by atoms with Gasteiger partial charge < -0.3 is 19.9 Å². The van der Waals surface area contributed by atoms with Crippen molar-refractivity contribution in [2.24, 2.45) is 11.8 Å². The number of amides is 3. The lowest BCUT2D eigenvalue weighted by atomic mass is 9.99. The lowest BCUT2D eigenvalue weighted by molar-refractivity contribution is -0.136. The molecule has 1 aromatic heterocycles. The Morgan fingerprint density at radius 1 is 1.30 bits per heavy atom. The van der Waals surface area contributed by atoms with Crippen LogP contribution in [0.25, 0.3) is 0 Å². The van der Waals surface area contributed by atoms with E-state index in [1.54, 1.807) is 7.11 Å². The number of aromatic nitrogens is 2. The molecule has 0 radical (unpaired) electrons.